The number of phenols is 1. The summed E-state index contributed by atoms with van der Waals surface area (Å²) in [6.07, 6.45) is 0.708. The zero-order valence-corrected chi connectivity index (χ0v) is 11.6. The molecule has 0 aromatic heterocycles. The number of carbonyl (C=O) groups excluding carboxylic acids is 1. The molecule has 1 aromatic carbocycles. The van der Waals surface area contributed by atoms with Gasteiger partial charge in [-0.1, -0.05) is 39.8 Å². The molecular weight excluding hydrogens is 214 g/mol. The van der Waals surface area contributed by atoms with E-state index in [4.69, 9.17) is 5.11 Å². The first-order chi connectivity index (χ1) is 8.15. The maximum absolute atomic E-state index is 10.2. The number of carbonyl (C=O) groups is 1. The lowest BCUT2D eigenvalue weighted by Gasteiger charge is -1.96. The van der Waals surface area contributed by atoms with Crippen molar-refractivity contribution in [1.82, 2.24) is 5.32 Å². The van der Waals surface area contributed by atoms with Crippen LogP contribution >= 0.6 is 0 Å². The van der Waals surface area contributed by atoms with Crippen LogP contribution in [0.1, 0.15) is 43.6 Å². The average molecular weight is 239 g/mol. The summed E-state index contributed by atoms with van der Waals surface area (Å²) < 4.78 is 0. The van der Waals surface area contributed by atoms with Gasteiger partial charge in [-0.05, 0) is 31.6 Å². The van der Waals surface area contributed by atoms with Gasteiger partial charge in [0.2, 0.25) is 0 Å². The second-order valence-electron chi connectivity index (χ2n) is 3.12. The predicted molar refractivity (Wildman–Crippen MR) is 73.8 cm³/mol. The molecule has 2 N–H and O–H groups in total. The third kappa shape index (κ3) is 9.57. The second kappa shape index (κ2) is 12.7. The maximum Gasteiger partial charge on any atom is 0.150 e. The Kier molecular flexibility index (Phi) is 13.5. The van der Waals surface area contributed by atoms with E-state index in [0.29, 0.717) is 11.8 Å². The van der Waals surface area contributed by atoms with E-state index in [9.17, 15) is 4.79 Å². The number of aldehydes is 1. The molecule has 0 saturated carbocycles. The summed E-state index contributed by atoms with van der Waals surface area (Å²) in [5.74, 6) is 0.171. The van der Waals surface area contributed by atoms with Crippen LogP contribution in [0.5, 0.6) is 5.75 Å². The fourth-order valence-corrected chi connectivity index (χ4v) is 0.950. The van der Waals surface area contributed by atoms with E-state index in [-0.39, 0.29) is 5.75 Å². The molecule has 0 aliphatic heterocycles. The normalized spacial score (nSPS) is 8.29. The summed E-state index contributed by atoms with van der Waals surface area (Å²) in [6, 6.07) is 4.82. The van der Waals surface area contributed by atoms with E-state index in [1.54, 1.807) is 19.1 Å². The number of benzene rings is 1. The quantitative estimate of drug-likeness (QED) is 0.797. The lowest BCUT2D eigenvalue weighted by molar-refractivity contribution is 0.112. The molecule has 98 valence electrons. The van der Waals surface area contributed by atoms with Crippen LogP contribution in [0.15, 0.2) is 18.2 Å². The molecule has 0 bridgehead atoms. The Labute approximate surface area is 105 Å². The van der Waals surface area contributed by atoms with Gasteiger partial charge >= 0.3 is 0 Å². The molecule has 17 heavy (non-hydrogen) atoms. The number of hydrogen-bond donors (Lipinski definition) is 2. The van der Waals surface area contributed by atoms with Crippen LogP contribution in [0, 0.1) is 6.92 Å². The van der Waals surface area contributed by atoms with Gasteiger partial charge in [0.05, 0.1) is 0 Å². The number of nitrogens with one attached hydrogen (secondary N) is 1. The van der Waals surface area contributed by atoms with Crippen LogP contribution in [0.4, 0.5) is 0 Å². The third-order valence-electron chi connectivity index (χ3n) is 1.87. The van der Waals surface area contributed by atoms with E-state index >= 15 is 0 Å². The molecule has 0 radical (unpaired) electrons. The first kappa shape index (κ1) is 18.0. The van der Waals surface area contributed by atoms with Crippen molar-refractivity contribution in [2.45, 2.75) is 34.6 Å². The molecule has 3 nitrogen and oxygen atoms in total. The highest BCUT2D eigenvalue weighted by molar-refractivity contribution is 5.75. The topological polar surface area (TPSA) is 49.3 Å². The summed E-state index contributed by atoms with van der Waals surface area (Å²) >= 11 is 0. The molecule has 0 spiro atoms. The number of rotatable bonds is 3. The SMILES string of the molecule is CC.CCNCC.Cc1ccc(C=O)cc1O. The van der Waals surface area contributed by atoms with Crippen LogP contribution in [-0.4, -0.2) is 24.5 Å². The van der Waals surface area contributed by atoms with Gasteiger partial charge in [-0.25, -0.2) is 0 Å². The van der Waals surface area contributed by atoms with Gasteiger partial charge in [-0.3, -0.25) is 4.79 Å². The molecule has 0 fully saturated rings. The zero-order valence-electron chi connectivity index (χ0n) is 11.6. The summed E-state index contributed by atoms with van der Waals surface area (Å²) in [4.78, 5) is 10.2. The first-order valence-corrected chi connectivity index (χ1v) is 6.11. The molecule has 0 aliphatic rings. The van der Waals surface area contributed by atoms with Gasteiger partial charge in [0.25, 0.3) is 0 Å². The summed E-state index contributed by atoms with van der Waals surface area (Å²) in [5.41, 5.74) is 1.29. The number of phenolic OH excluding ortho intramolecular Hbond substituents is 1. The summed E-state index contributed by atoms with van der Waals surface area (Å²) in [5, 5.41) is 12.2. The van der Waals surface area contributed by atoms with Crippen LogP contribution in [-0.2, 0) is 0 Å². The van der Waals surface area contributed by atoms with E-state index in [2.05, 4.69) is 19.2 Å². The first-order valence-electron chi connectivity index (χ1n) is 6.11. The van der Waals surface area contributed by atoms with Crippen molar-refractivity contribution in [3.8, 4) is 5.75 Å². The largest absolute Gasteiger partial charge is 0.508 e. The summed E-state index contributed by atoms with van der Waals surface area (Å²) in [7, 11) is 0. The van der Waals surface area contributed by atoms with Crippen molar-refractivity contribution < 1.29 is 9.90 Å². The molecular formula is C14H25NO2. The molecule has 0 atom stereocenters. The van der Waals surface area contributed by atoms with Crippen molar-refractivity contribution in [3.05, 3.63) is 29.3 Å². The van der Waals surface area contributed by atoms with E-state index < -0.39 is 0 Å². The highest BCUT2D eigenvalue weighted by atomic mass is 16.3. The van der Waals surface area contributed by atoms with Crippen LogP contribution in [0.2, 0.25) is 0 Å². The number of aromatic hydroxyl groups is 1. The summed E-state index contributed by atoms with van der Waals surface area (Å²) in [6.45, 7) is 12.2. The minimum absolute atomic E-state index is 0.171. The van der Waals surface area contributed by atoms with Gasteiger partial charge in [0.1, 0.15) is 12.0 Å². The lowest BCUT2D eigenvalue weighted by atomic mass is 10.1. The van der Waals surface area contributed by atoms with Crippen LogP contribution in [0.3, 0.4) is 0 Å². The van der Waals surface area contributed by atoms with Crippen molar-refractivity contribution in [2.24, 2.45) is 0 Å². The van der Waals surface area contributed by atoms with E-state index in [0.717, 1.165) is 18.7 Å². The molecule has 3 heteroatoms. The highest BCUT2D eigenvalue weighted by Crippen LogP contribution is 2.15. The Morgan fingerprint density at radius 2 is 1.76 bits per heavy atom. The lowest BCUT2D eigenvalue weighted by Crippen LogP contribution is -2.09. The zero-order chi connectivity index (χ0) is 13.7. The van der Waals surface area contributed by atoms with Gasteiger partial charge in [-0.2, -0.15) is 0 Å². The predicted octanol–water partition coefficient (Wildman–Crippen LogP) is 3.16. The van der Waals surface area contributed by atoms with E-state index in [1.807, 2.05) is 13.8 Å². The fourth-order valence-electron chi connectivity index (χ4n) is 0.950. The van der Waals surface area contributed by atoms with E-state index in [1.165, 1.54) is 6.07 Å². The van der Waals surface area contributed by atoms with Gasteiger partial charge in [-0.15, -0.1) is 0 Å². The Hall–Kier alpha value is -1.35. The Morgan fingerprint density at radius 1 is 1.24 bits per heavy atom. The minimum Gasteiger partial charge on any atom is -0.508 e. The third-order valence-corrected chi connectivity index (χ3v) is 1.87. The van der Waals surface area contributed by atoms with Crippen molar-refractivity contribution >= 4 is 6.29 Å². The molecule has 0 aliphatic carbocycles. The average Bonchev–Trinajstić information content (AvgIpc) is 2.37. The Morgan fingerprint density at radius 3 is 2.06 bits per heavy atom. The van der Waals surface area contributed by atoms with Crippen LogP contribution in [0.25, 0.3) is 0 Å². The minimum atomic E-state index is 0.171. The maximum atomic E-state index is 10.2. The molecule has 1 aromatic rings. The fraction of sp³-hybridized carbons (Fsp3) is 0.500. The smallest absolute Gasteiger partial charge is 0.150 e. The highest BCUT2D eigenvalue weighted by Gasteiger charge is 1.95. The number of hydrogen-bond acceptors (Lipinski definition) is 3. The van der Waals surface area contributed by atoms with Crippen molar-refractivity contribution in [3.63, 3.8) is 0 Å². The monoisotopic (exact) mass is 239 g/mol. The Balaban J connectivity index is 0. The second-order valence-corrected chi connectivity index (χ2v) is 3.12. The molecule has 0 saturated heterocycles. The standard InChI is InChI=1S/C8H8O2.C4H11N.C2H6/c1-6-2-3-7(5-9)4-8(6)10;1-3-5-4-2;1-2/h2-5,10H,1H3;5H,3-4H2,1-2H3;1-2H3. The molecule has 1 rings (SSSR count). The number of aryl methyl sites for hydroxylation is 1. The molecule has 0 heterocycles. The van der Waals surface area contributed by atoms with Gasteiger partial charge in [0.15, 0.2) is 0 Å². The van der Waals surface area contributed by atoms with Gasteiger partial charge < -0.3 is 10.4 Å². The van der Waals surface area contributed by atoms with Gasteiger partial charge in [0, 0.05) is 5.56 Å². The Bertz CT molecular complexity index is 296. The van der Waals surface area contributed by atoms with Crippen LogP contribution < -0.4 is 5.32 Å². The molecule has 0 amide bonds. The van der Waals surface area contributed by atoms with Crippen molar-refractivity contribution in [2.75, 3.05) is 13.1 Å². The van der Waals surface area contributed by atoms with Crippen molar-refractivity contribution in [1.29, 1.82) is 0 Å². The molecule has 0 unspecified atom stereocenters.